The largest absolute Gasteiger partial charge is 0.492 e. The summed E-state index contributed by atoms with van der Waals surface area (Å²) in [5.74, 6) is -0.331. The highest BCUT2D eigenvalue weighted by Gasteiger charge is 2.27. The van der Waals surface area contributed by atoms with Crippen LogP contribution in [0.25, 0.3) is 21.7 Å². The highest BCUT2D eigenvalue weighted by Crippen LogP contribution is 2.38. The molecule has 0 unspecified atom stereocenters. The number of carboxylic acid groups (broad SMARTS) is 1. The number of pyridine rings is 1. The lowest BCUT2D eigenvalue weighted by Gasteiger charge is -2.28. The Hall–Kier alpha value is -4.66. The summed E-state index contributed by atoms with van der Waals surface area (Å²) in [6, 6.07) is 16.9. The third kappa shape index (κ3) is 8.82. The number of carbonyl (C=O) groups is 2. The maximum Gasteiger partial charge on any atom is 0.326 e. The summed E-state index contributed by atoms with van der Waals surface area (Å²) in [5.41, 5.74) is 9.09. The average Bonchev–Trinajstić information content (AvgIpc) is 3.56. The highest BCUT2D eigenvalue weighted by atomic mass is 35.5. The van der Waals surface area contributed by atoms with Gasteiger partial charge in [-0.15, -0.1) is 11.3 Å². The first-order chi connectivity index (χ1) is 23.1. The Kier molecular flexibility index (Phi) is 12.8. The number of thioether (sulfide) groups is 1. The first kappa shape index (κ1) is 36.2. The molecule has 0 saturated carbocycles. The molecule has 248 valence electrons. The summed E-state index contributed by atoms with van der Waals surface area (Å²) in [5, 5.41) is 37.2. The second kappa shape index (κ2) is 16.9. The number of anilines is 1. The van der Waals surface area contributed by atoms with Crippen LogP contribution in [0.1, 0.15) is 44.0 Å². The molecule has 1 amide bonds. The van der Waals surface area contributed by atoms with E-state index in [0.717, 1.165) is 22.7 Å². The predicted octanol–water partition coefficient (Wildman–Crippen LogP) is 6.41. The second-order valence-electron chi connectivity index (χ2n) is 10.7. The van der Waals surface area contributed by atoms with Gasteiger partial charge in [0.05, 0.1) is 23.8 Å². The second-order valence-corrected chi connectivity index (χ2v) is 12.9. The van der Waals surface area contributed by atoms with E-state index in [1.165, 1.54) is 41.8 Å². The van der Waals surface area contributed by atoms with Gasteiger partial charge < -0.3 is 25.8 Å². The Balaban J connectivity index is 1.59. The summed E-state index contributed by atoms with van der Waals surface area (Å²) >= 11 is 8.92. The summed E-state index contributed by atoms with van der Waals surface area (Å²) in [6.45, 7) is 5.55. The van der Waals surface area contributed by atoms with Crippen LogP contribution in [-0.4, -0.2) is 63.6 Å². The van der Waals surface area contributed by atoms with Crippen molar-refractivity contribution >= 4 is 52.4 Å². The number of thiazole rings is 1. The summed E-state index contributed by atoms with van der Waals surface area (Å²) < 4.78 is 5.83. The lowest BCUT2D eigenvalue weighted by molar-refractivity contribution is -0.150. The predicted molar refractivity (Wildman–Crippen MR) is 188 cm³/mol. The fourth-order valence-corrected chi connectivity index (χ4v) is 6.59. The van der Waals surface area contributed by atoms with E-state index < -0.39 is 24.0 Å². The van der Waals surface area contributed by atoms with Crippen molar-refractivity contribution in [3.05, 3.63) is 75.8 Å². The molecule has 2 heterocycles. The number of rotatable bonds is 15. The van der Waals surface area contributed by atoms with Gasteiger partial charge in [0.25, 0.3) is 0 Å². The van der Waals surface area contributed by atoms with E-state index in [1.54, 1.807) is 24.3 Å². The molecule has 11 nitrogen and oxygen atoms in total. The van der Waals surface area contributed by atoms with Crippen LogP contribution in [0.15, 0.2) is 58.9 Å². The standard InChI is InChI=1S/C34H34ClN7O4S2/c1-4-13-39-30-27(16-36)29(22-7-11-26(12-8-22)46-15-14-42(21(3)34(44)45)33(43)20(2)38)28(17-37)32(41-30)48-19-25-18-47-31(40-25)23-5-9-24(35)10-6-23/h5-12,18,20-21H,4,13-15,19,38H2,1-3H3,(H,39,41)(H,44,45)/t20-,21-/m0/s1. The third-order valence-corrected chi connectivity index (χ3v) is 9.37. The van der Waals surface area contributed by atoms with Crippen LogP contribution < -0.4 is 15.8 Å². The molecule has 0 aliphatic carbocycles. The van der Waals surface area contributed by atoms with E-state index in [0.29, 0.717) is 45.0 Å². The molecule has 0 saturated heterocycles. The number of carbonyl (C=O) groups excluding carboxylic acids is 1. The number of hydrogen-bond acceptors (Lipinski definition) is 11. The molecule has 4 aromatic rings. The molecule has 0 fully saturated rings. The lowest BCUT2D eigenvalue weighted by atomic mass is 9.96. The zero-order chi connectivity index (χ0) is 34.8. The number of halogens is 1. The summed E-state index contributed by atoms with van der Waals surface area (Å²) in [6.07, 6.45) is 0.807. The van der Waals surface area contributed by atoms with Crippen molar-refractivity contribution in [1.82, 2.24) is 14.9 Å². The first-order valence-corrected chi connectivity index (χ1v) is 17.3. The normalized spacial score (nSPS) is 12.0. The quantitative estimate of drug-likeness (QED) is 0.117. The van der Waals surface area contributed by atoms with Crippen molar-refractivity contribution in [2.24, 2.45) is 5.73 Å². The van der Waals surface area contributed by atoms with Crippen LogP contribution in [0.4, 0.5) is 5.82 Å². The Labute approximate surface area is 292 Å². The van der Waals surface area contributed by atoms with Gasteiger partial charge >= 0.3 is 5.97 Å². The number of nitrogens with zero attached hydrogens (tertiary/aromatic N) is 5. The number of aliphatic carboxylic acids is 1. The van der Waals surface area contributed by atoms with Crippen LogP contribution in [0.2, 0.25) is 5.02 Å². The summed E-state index contributed by atoms with van der Waals surface area (Å²) in [7, 11) is 0. The molecule has 0 aliphatic rings. The third-order valence-electron chi connectivity index (χ3n) is 7.17. The van der Waals surface area contributed by atoms with Gasteiger partial charge in [-0.3, -0.25) is 4.79 Å². The number of aromatic nitrogens is 2. The molecular weight excluding hydrogens is 670 g/mol. The van der Waals surface area contributed by atoms with Gasteiger partial charge in [-0.25, -0.2) is 14.8 Å². The lowest BCUT2D eigenvalue weighted by Crippen LogP contribution is -2.50. The molecule has 2 atom stereocenters. The van der Waals surface area contributed by atoms with Crippen LogP contribution in [-0.2, 0) is 15.3 Å². The molecule has 0 bridgehead atoms. The monoisotopic (exact) mass is 703 g/mol. The van der Waals surface area contributed by atoms with Crippen molar-refractivity contribution < 1.29 is 19.4 Å². The van der Waals surface area contributed by atoms with E-state index in [2.05, 4.69) is 17.5 Å². The SMILES string of the molecule is CCCNc1nc(SCc2csc(-c3ccc(Cl)cc3)n2)c(C#N)c(-c2ccc(OCCN(C(=O)[C@H](C)N)[C@@H](C)C(=O)O)cc2)c1C#N. The van der Waals surface area contributed by atoms with Crippen molar-refractivity contribution in [2.45, 2.75) is 50.1 Å². The van der Waals surface area contributed by atoms with Crippen LogP contribution in [0.3, 0.4) is 0 Å². The van der Waals surface area contributed by atoms with Crippen molar-refractivity contribution in [2.75, 3.05) is 25.0 Å². The molecule has 2 aromatic carbocycles. The molecule has 0 radical (unpaired) electrons. The zero-order valence-electron chi connectivity index (χ0n) is 26.6. The maximum absolute atomic E-state index is 12.5. The van der Waals surface area contributed by atoms with E-state index in [9.17, 15) is 25.2 Å². The Morgan fingerprint density at radius 2 is 1.75 bits per heavy atom. The minimum Gasteiger partial charge on any atom is -0.492 e. The van der Waals surface area contributed by atoms with Crippen LogP contribution in [0.5, 0.6) is 5.75 Å². The van der Waals surface area contributed by atoms with E-state index in [4.69, 9.17) is 32.0 Å². The van der Waals surface area contributed by atoms with Gasteiger partial charge in [-0.2, -0.15) is 10.5 Å². The number of hydrogen-bond donors (Lipinski definition) is 3. The van der Waals surface area contributed by atoms with E-state index in [1.807, 2.05) is 36.6 Å². The number of nitrogens with one attached hydrogen (secondary N) is 1. The van der Waals surface area contributed by atoms with Crippen molar-refractivity contribution in [3.8, 4) is 39.6 Å². The molecule has 2 aromatic heterocycles. The average molecular weight is 704 g/mol. The van der Waals surface area contributed by atoms with Crippen LogP contribution in [0, 0.1) is 22.7 Å². The molecule has 14 heteroatoms. The van der Waals surface area contributed by atoms with Gasteiger partial charge in [0, 0.05) is 33.8 Å². The fourth-order valence-electron chi connectivity index (χ4n) is 4.65. The van der Waals surface area contributed by atoms with Crippen molar-refractivity contribution in [3.63, 3.8) is 0 Å². The fraction of sp³-hybridized carbons (Fsp3) is 0.294. The number of amides is 1. The number of nitrogens with two attached hydrogens (primary N) is 1. The zero-order valence-corrected chi connectivity index (χ0v) is 29.0. The molecule has 0 spiro atoms. The summed E-state index contributed by atoms with van der Waals surface area (Å²) in [4.78, 5) is 34.6. The van der Waals surface area contributed by atoms with E-state index >= 15 is 0 Å². The number of carboxylic acids is 1. The number of ether oxygens (including phenoxy) is 1. The molecule has 4 N–H and O–H groups in total. The molecular formula is C34H34ClN7O4S2. The van der Waals surface area contributed by atoms with E-state index in [-0.39, 0.29) is 24.3 Å². The van der Waals surface area contributed by atoms with Gasteiger partial charge in [0.15, 0.2) is 0 Å². The van der Waals surface area contributed by atoms with Crippen molar-refractivity contribution in [1.29, 1.82) is 10.5 Å². The first-order valence-electron chi connectivity index (χ1n) is 15.0. The number of nitriles is 2. The smallest absolute Gasteiger partial charge is 0.326 e. The van der Waals surface area contributed by atoms with Gasteiger partial charge in [0.1, 0.15) is 52.0 Å². The molecule has 48 heavy (non-hydrogen) atoms. The Morgan fingerprint density at radius 1 is 1.08 bits per heavy atom. The number of benzene rings is 2. The molecule has 0 aliphatic heterocycles. The highest BCUT2D eigenvalue weighted by molar-refractivity contribution is 7.98. The molecule has 4 rings (SSSR count). The Bertz CT molecular complexity index is 1830. The van der Waals surface area contributed by atoms with Gasteiger partial charge in [-0.05, 0) is 50.1 Å². The van der Waals surface area contributed by atoms with Gasteiger partial charge in [0.2, 0.25) is 5.91 Å². The minimum atomic E-state index is -1.15. The Morgan fingerprint density at radius 3 is 2.35 bits per heavy atom. The van der Waals surface area contributed by atoms with Crippen LogP contribution >= 0.6 is 34.7 Å². The van der Waals surface area contributed by atoms with Gasteiger partial charge in [-0.1, -0.05) is 54.6 Å². The topological polar surface area (TPSA) is 178 Å². The maximum atomic E-state index is 12.5. The minimum absolute atomic E-state index is 0.0182.